The van der Waals surface area contributed by atoms with Crippen LogP contribution in [0.5, 0.6) is 5.75 Å². The summed E-state index contributed by atoms with van der Waals surface area (Å²) >= 11 is 0. The highest BCUT2D eigenvalue weighted by molar-refractivity contribution is 5.96. The summed E-state index contributed by atoms with van der Waals surface area (Å²) in [5, 5.41) is 0. The molecule has 3 nitrogen and oxygen atoms in total. The fraction of sp³-hybridized carbons (Fsp3) is 0.462. The number of hydrogen-bond acceptors (Lipinski definition) is 3. The van der Waals surface area contributed by atoms with Crippen molar-refractivity contribution < 1.29 is 18.3 Å². The van der Waals surface area contributed by atoms with Gasteiger partial charge in [-0.25, -0.2) is 8.78 Å². The molecule has 18 heavy (non-hydrogen) atoms. The van der Waals surface area contributed by atoms with Gasteiger partial charge < -0.3 is 10.5 Å². The van der Waals surface area contributed by atoms with Crippen molar-refractivity contribution in [1.82, 2.24) is 0 Å². The van der Waals surface area contributed by atoms with Gasteiger partial charge in [0.05, 0.1) is 12.7 Å². The van der Waals surface area contributed by atoms with Crippen LogP contribution in [0.3, 0.4) is 0 Å². The van der Waals surface area contributed by atoms with Crippen molar-refractivity contribution in [1.29, 1.82) is 0 Å². The van der Waals surface area contributed by atoms with Gasteiger partial charge in [0.15, 0.2) is 17.3 Å². The van der Waals surface area contributed by atoms with Crippen LogP contribution in [0.1, 0.15) is 30.6 Å². The van der Waals surface area contributed by atoms with Crippen LogP contribution in [-0.2, 0) is 0 Å². The molecule has 0 amide bonds. The maximum Gasteiger partial charge on any atom is 0.166 e. The van der Waals surface area contributed by atoms with Gasteiger partial charge >= 0.3 is 0 Å². The second-order valence-electron chi connectivity index (χ2n) is 4.93. The van der Waals surface area contributed by atoms with E-state index >= 15 is 0 Å². The number of Topliss-reactive ketones (excluding diaryl/α,β-unsaturated/α-hetero) is 1. The van der Waals surface area contributed by atoms with Crippen molar-refractivity contribution in [2.45, 2.75) is 20.3 Å². The van der Waals surface area contributed by atoms with Gasteiger partial charge in [-0.3, -0.25) is 4.79 Å². The van der Waals surface area contributed by atoms with Gasteiger partial charge in [0, 0.05) is 12.5 Å². The molecule has 0 radical (unpaired) electrons. The summed E-state index contributed by atoms with van der Waals surface area (Å²) in [6, 6.07) is 1.74. The van der Waals surface area contributed by atoms with E-state index in [4.69, 9.17) is 5.73 Å². The minimum atomic E-state index is -0.786. The van der Waals surface area contributed by atoms with E-state index in [1.165, 1.54) is 7.11 Å². The molecule has 0 fully saturated rings. The first-order valence-electron chi connectivity index (χ1n) is 5.57. The third-order valence-electron chi connectivity index (χ3n) is 2.73. The molecule has 0 unspecified atom stereocenters. The highest BCUT2D eigenvalue weighted by Gasteiger charge is 2.24. The van der Waals surface area contributed by atoms with Gasteiger partial charge in [-0.05, 0) is 18.0 Å². The van der Waals surface area contributed by atoms with E-state index in [2.05, 4.69) is 4.74 Å². The molecule has 0 aliphatic carbocycles. The lowest BCUT2D eigenvalue weighted by Crippen LogP contribution is -2.27. The van der Waals surface area contributed by atoms with E-state index < -0.39 is 22.8 Å². The lowest BCUT2D eigenvalue weighted by Gasteiger charge is -2.21. The summed E-state index contributed by atoms with van der Waals surface area (Å²) in [7, 11) is 1.23. The van der Waals surface area contributed by atoms with Crippen LogP contribution in [-0.4, -0.2) is 19.4 Å². The van der Waals surface area contributed by atoms with Crippen molar-refractivity contribution in [3.8, 4) is 5.75 Å². The molecular formula is C13H17F2NO2. The summed E-state index contributed by atoms with van der Waals surface area (Å²) in [5.74, 6) is -2.23. The summed E-state index contributed by atoms with van der Waals surface area (Å²) in [6.07, 6.45) is 0.0617. The summed E-state index contributed by atoms with van der Waals surface area (Å²) < 4.78 is 31.7. The van der Waals surface area contributed by atoms with E-state index in [1.807, 2.05) is 0 Å². The molecule has 0 aliphatic rings. The number of carbonyl (C=O) groups excluding carboxylic acids is 1. The Kier molecular flexibility index (Phi) is 4.40. The van der Waals surface area contributed by atoms with Crippen molar-refractivity contribution in [2.24, 2.45) is 11.1 Å². The lowest BCUT2D eigenvalue weighted by atomic mass is 9.85. The van der Waals surface area contributed by atoms with Gasteiger partial charge in [0.2, 0.25) is 0 Å². The van der Waals surface area contributed by atoms with Crippen LogP contribution in [0.2, 0.25) is 0 Å². The van der Waals surface area contributed by atoms with E-state index in [0.29, 0.717) is 6.54 Å². The summed E-state index contributed by atoms with van der Waals surface area (Å²) in [4.78, 5) is 11.9. The predicted molar refractivity (Wildman–Crippen MR) is 64.7 cm³/mol. The molecule has 0 heterocycles. The number of hydrogen-bond donors (Lipinski definition) is 1. The Bertz CT molecular complexity index is 459. The van der Waals surface area contributed by atoms with Crippen LogP contribution in [0.25, 0.3) is 0 Å². The third kappa shape index (κ3) is 3.26. The second kappa shape index (κ2) is 5.44. The lowest BCUT2D eigenvalue weighted by molar-refractivity contribution is 0.0930. The Morgan fingerprint density at radius 1 is 1.33 bits per heavy atom. The molecule has 1 aromatic rings. The van der Waals surface area contributed by atoms with Crippen LogP contribution in [0, 0.1) is 17.0 Å². The number of rotatable bonds is 5. The first-order valence-corrected chi connectivity index (χ1v) is 5.57. The van der Waals surface area contributed by atoms with Gasteiger partial charge in [-0.1, -0.05) is 13.8 Å². The standard InChI is InChI=1S/C13H17F2NO2/c1-13(2,7-16)6-11(17)8-4-10(15)12(18-3)5-9(8)14/h4-5H,6-7,16H2,1-3H3. The molecule has 0 saturated heterocycles. The third-order valence-corrected chi connectivity index (χ3v) is 2.73. The van der Waals surface area contributed by atoms with Crippen molar-refractivity contribution >= 4 is 5.78 Å². The van der Waals surface area contributed by atoms with Crippen molar-refractivity contribution in [3.63, 3.8) is 0 Å². The average molecular weight is 257 g/mol. The first kappa shape index (κ1) is 14.6. The van der Waals surface area contributed by atoms with E-state index in [0.717, 1.165) is 12.1 Å². The van der Waals surface area contributed by atoms with Gasteiger partial charge in [-0.2, -0.15) is 0 Å². The molecule has 0 saturated carbocycles. The van der Waals surface area contributed by atoms with Gasteiger partial charge in [0.1, 0.15) is 5.82 Å². The topological polar surface area (TPSA) is 52.3 Å². The molecule has 1 aromatic carbocycles. The van der Waals surface area contributed by atoms with E-state index in [-0.39, 0.29) is 17.7 Å². The molecule has 0 aliphatic heterocycles. The Morgan fingerprint density at radius 3 is 2.44 bits per heavy atom. The van der Waals surface area contributed by atoms with Crippen LogP contribution in [0.4, 0.5) is 8.78 Å². The summed E-state index contributed by atoms with van der Waals surface area (Å²) in [6.45, 7) is 3.88. The second-order valence-corrected chi connectivity index (χ2v) is 4.93. The smallest absolute Gasteiger partial charge is 0.166 e. The fourth-order valence-corrected chi connectivity index (χ4v) is 1.50. The maximum absolute atomic E-state index is 13.6. The zero-order valence-corrected chi connectivity index (χ0v) is 10.7. The van der Waals surface area contributed by atoms with Crippen LogP contribution < -0.4 is 10.5 Å². The number of carbonyl (C=O) groups is 1. The Balaban J connectivity index is 3.04. The molecule has 100 valence electrons. The number of benzene rings is 1. The van der Waals surface area contributed by atoms with Crippen LogP contribution in [0.15, 0.2) is 12.1 Å². The predicted octanol–water partition coefficient (Wildman–Crippen LogP) is 2.53. The molecule has 0 atom stereocenters. The highest BCUT2D eigenvalue weighted by Crippen LogP contribution is 2.26. The number of halogens is 2. The molecule has 0 aromatic heterocycles. The highest BCUT2D eigenvalue weighted by atomic mass is 19.1. The van der Waals surface area contributed by atoms with Gasteiger partial charge in [-0.15, -0.1) is 0 Å². The number of ether oxygens (including phenoxy) is 1. The largest absolute Gasteiger partial charge is 0.494 e. The SMILES string of the molecule is COc1cc(F)c(C(=O)CC(C)(C)CN)cc1F. The molecule has 2 N–H and O–H groups in total. The molecule has 0 spiro atoms. The number of methoxy groups -OCH3 is 1. The van der Waals surface area contributed by atoms with Crippen molar-refractivity contribution in [2.75, 3.05) is 13.7 Å². The molecule has 0 bridgehead atoms. The molecule has 5 heteroatoms. The Morgan fingerprint density at radius 2 is 1.94 bits per heavy atom. The maximum atomic E-state index is 13.6. The molecule has 1 rings (SSSR count). The monoisotopic (exact) mass is 257 g/mol. The van der Waals surface area contributed by atoms with Gasteiger partial charge in [0.25, 0.3) is 0 Å². The first-order chi connectivity index (χ1) is 8.30. The zero-order chi connectivity index (χ0) is 13.9. The minimum Gasteiger partial charge on any atom is -0.494 e. The molecular weight excluding hydrogens is 240 g/mol. The van der Waals surface area contributed by atoms with Crippen LogP contribution >= 0.6 is 0 Å². The Hall–Kier alpha value is -1.49. The van der Waals surface area contributed by atoms with E-state index in [9.17, 15) is 13.6 Å². The number of ketones is 1. The quantitative estimate of drug-likeness (QED) is 0.825. The zero-order valence-electron chi connectivity index (χ0n) is 10.7. The normalized spacial score (nSPS) is 11.4. The van der Waals surface area contributed by atoms with Crippen molar-refractivity contribution in [3.05, 3.63) is 29.3 Å². The number of nitrogens with two attached hydrogens (primary N) is 1. The minimum absolute atomic E-state index is 0.0617. The fourth-order valence-electron chi connectivity index (χ4n) is 1.50. The summed E-state index contributed by atoms with van der Waals surface area (Å²) in [5.41, 5.74) is 4.79. The Labute approximate surface area is 105 Å². The average Bonchev–Trinajstić information content (AvgIpc) is 2.30. The van der Waals surface area contributed by atoms with E-state index in [1.54, 1.807) is 13.8 Å².